The predicted molar refractivity (Wildman–Crippen MR) is 86.2 cm³/mol. The van der Waals surface area contributed by atoms with Crippen molar-refractivity contribution < 1.29 is 14.3 Å². The molecule has 1 aliphatic rings. The molecule has 1 aliphatic heterocycles. The zero-order valence-corrected chi connectivity index (χ0v) is 12.9. The van der Waals surface area contributed by atoms with Gasteiger partial charge in [-0.3, -0.25) is 0 Å². The fourth-order valence-electron chi connectivity index (χ4n) is 2.91. The first-order chi connectivity index (χ1) is 10.7. The molecular weight excluding hydrogens is 278 g/mol. The Morgan fingerprint density at radius 2 is 2.23 bits per heavy atom. The Bertz CT molecular complexity index is 743. The Labute approximate surface area is 130 Å². The molecule has 0 amide bonds. The number of esters is 1. The molecule has 22 heavy (non-hydrogen) atoms. The summed E-state index contributed by atoms with van der Waals surface area (Å²) in [6.07, 6.45) is 4.56. The lowest BCUT2D eigenvalue weighted by Crippen LogP contribution is -2.10. The van der Waals surface area contributed by atoms with Crippen LogP contribution in [-0.2, 0) is 17.7 Å². The monoisotopic (exact) mass is 297 g/mol. The molecule has 0 N–H and O–H groups in total. The van der Waals surface area contributed by atoms with Gasteiger partial charge in [0.15, 0.2) is 0 Å². The molecule has 0 saturated carbocycles. The van der Waals surface area contributed by atoms with E-state index >= 15 is 0 Å². The SMILES string of the molecule is C=Cc1cc2c(cc1OC)CCn1cc(C(=O)OCC)cc1-2. The first-order valence-corrected chi connectivity index (χ1v) is 7.39. The summed E-state index contributed by atoms with van der Waals surface area (Å²) in [7, 11) is 1.67. The van der Waals surface area contributed by atoms with Gasteiger partial charge in [0.25, 0.3) is 0 Å². The van der Waals surface area contributed by atoms with Gasteiger partial charge in [0, 0.05) is 29.6 Å². The summed E-state index contributed by atoms with van der Waals surface area (Å²) in [5.41, 5.74) is 4.94. The van der Waals surface area contributed by atoms with E-state index in [-0.39, 0.29) is 5.97 Å². The minimum absolute atomic E-state index is 0.275. The highest BCUT2D eigenvalue weighted by molar-refractivity contribution is 5.91. The Kier molecular flexibility index (Phi) is 3.75. The normalized spacial score (nSPS) is 12.3. The van der Waals surface area contributed by atoms with Gasteiger partial charge < -0.3 is 14.0 Å². The first kappa shape index (κ1) is 14.4. The number of ether oxygens (including phenoxy) is 2. The van der Waals surface area contributed by atoms with Crippen LogP contribution in [0.4, 0.5) is 0 Å². The fraction of sp³-hybridized carbons (Fsp3) is 0.278. The number of aromatic nitrogens is 1. The zero-order valence-electron chi connectivity index (χ0n) is 12.9. The van der Waals surface area contributed by atoms with Crippen LogP contribution in [0.2, 0.25) is 0 Å². The summed E-state index contributed by atoms with van der Waals surface area (Å²) in [5, 5.41) is 0. The summed E-state index contributed by atoms with van der Waals surface area (Å²) < 4.78 is 12.6. The molecule has 0 fully saturated rings. The summed E-state index contributed by atoms with van der Waals surface area (Å²) in [6.45, 7) is 6.88. The van der Waals surface area contributed by atoms with Gasteiger partial charge in [0.1, 0.15) is 5.75 Å². The average Bonchev–Trinajstić information content (AvgIpc) is 2.98. The summed E-state index contributed by atoms with van der Waals surface area (Å²) in [5.74, 6) is 0.558. The molecule has 0 radical (unpaired) electrons. The molecular formula is C18H19NO3. The number of carbonyl (C=O) groups excluding carboxylic acids is 1. The third-order valence-electron chi connectivity index (χ3n) is 3.98. The topological polar surface area (TPSA) is 40.5 Å². The largest absolute Gasteiger partial charge is 0.496 e. The second-order valence-electron chi connectivity index (χ2n) is 5.23. The average molecular weight is 297 g/mol. The predicted octanol–water partition coefficient (Wildman–Crippen LogP) is 3.54. The number of rotatable bonds is 4. The van der Waals surface area contributed by atoms with Crippen LogP contribution in [0.15, 0.2) is 31.0 Å². The molecule has 114 valence electrons. The number of nitrogens with zero attached hydrogens (tertiary/aromatic N) is 1. The van der Waals surface area contributed by atoms with Crippen molar-refractivity contribution in [1.29, 1.82) is 0 Å². The van der Waals surface area contributed by atoms with Gasteiger partial charge in [0.2, 0.25) is 0 Å². The second kappa shape index (κ2) is 5.72. The lowest BCUT2D eigenvalue weighted by atomic mass is 9.95. The van der Waals surface area contributed by atoms with Crippen molar-refractivity contribution in [3.05, 3.63) is 47.7 Å². The van der Waals surface area contributed by atoms with Gasteiger partial charge >= 0.3 is 5.97 Å². The number of carbonyl (C=O) groups is 1. The molecule has 0 spiro atoms. The maximum absolute atomic E-state index is 11.9. The Balaban J connectivity index is 2.09. The van der Waals surface area contributed by atoms with Crippen LogP contribution in [0.1, 0.15) is 28.4 Å². The van der Waals surface area contributed by atoms with E-state index in [1.165, 1.54) is 5.56 Å². The maximum atomic E-state index is 11.9. The van der Waals surface area contributed by atoms with Gasteiger partial charge in [-0.05, 0) is 37.1 Å². The van der Waals surface area contributed by atoms with Crippen molar-refractivity contribution in [2.24, 2.45) is 0 Å². The number of hydrogen-bond donors (Lipinski definition) is 0. The molecule has 4 heteroatoms. The van der Waals surface area contributed by atoms with Crippen LogP contribution in [0.5, 0.6) is 5.75 Å². The molecule has 1 aromatic heterocycles. The van der Waals surface area contributed by atoms with E-state index in [0.29, 0.717) is 12.2 Å². The van der Waals surface area contributed by atoms with Crippen LogP contribution in [0.25, 0.3) is 17.3 Å². The molecule has 1 aromatic carbocycles. The van der Waals surface area contributed by atoms with Gasteiger partial charge in [-0.15, -0.1) is 0 Å². The van der Waals surface area contributed by atoms with E-state index < -0.39 is 0 Å². The first-order valence-electron chi connectivity index (χ1n) is 7.39. The fourth-order valence-corrected chi connectivity index (χ4v) is 2.91. The number of benzene rings is 1. The zero-order chi connectivity index (χ0) is 15.7. The van der Waals surface area contributed by atoms with Crippen molar-refractivity contribution in [3.63, 3.8) is 0 Å². The van der Waals surface area contributed by atoms with Gasteiger partial charge in [-0.2, -0.15) is 0 Å². The van der Waals surface area contributed by atoms with Crippen molar-refractivity contribution in [3.8, 4) is 17.0 Å². The Morgan fingerprint density at radius 1 is 1.41 bits per heavy atom. The lowest BCUT2D eigenvalue weighted by Gasteiger charge is -2.21. The molecule has 2 heterocycles. The molecule has 2 aromatic rings. The molecule has 0 atom stereocenters. The quantitative estimate of drug-likeness (QED) is 0.810. The summed E-state index contributed by atoms with van der Waals surface area (Å²) in [4.78, 5) is 11.9. The van der Waals surface area contributed by atoms with E-state index in [2.05, 4.69) is 23.3 Å². The van der Waals surface area contributed by atoms with E-state index in [9.17, 15) is 4.79 Å². The van der Waals surface area contributed by atoms with Crippen molar-refractivity contribution in [2.75, 3.05) is 13.7 Å². The highest BCUT2D eigenvalue weighted by atomic mass is 16.5. The van der Waals surface area contributed by atoms with E-state index in [1.807, 2.05) is 19.2 Å². The molecule has 3 rings (SSSR count). The van der Waals surface area contributed by atoms with Gasteiger partial charge in [-0.25, -0.2) is 4.79 Å². The minimum Gasteiger partial charge on any atom is -0.496 e. The summed E-state index contributed by atoms with van der Waals surface area (Å²) >= 11 is 0. The molecule has 0 bridgehead atoms. The van der Waals surface area contributed by atoms with Crippen LogP contribution >= 0.6 is 0 Å². The van der Waals surface area contributed by atoms with Crippen LogP contribution in [0.3, 0.4) is 0 Å². The minimum atomic E-state index is -0.275. The highest BCUT2D eigenvalue weighted by Gasteiger charge is 2.21. The molecule has 0 aliphatic carbocycles. The Morgan fingerprint density at radius 3 is 2.91 bits per heavy atom. The van der Waals surface area contributed by atoms with E-state index in [4.69, 9.17) is 9.47 Å². The number of hydrogen-bond acceptors (Lipinski definition) is 3. The smallest absolute Gasteiger partial charge is 0.339 e. The molecule has 0 unspecified atom stereocenters. The number of fused-ring (bicyclic) bond motifs is 3. The second-order valence-corrected chi connectivity index (χ2v) is 5.23. The lowest BCUT2D eigenvalue weighted by molar-refractivity contribution is 0.0526. The Hall–Kier alpha value is -2.49. The number of aryl methyl sites for hydroxylation is 2. The van der Waals surface area contributed by atoms with Crippen molar-refractivity contribution in [2.45, 2.75) is 19.9 Å². The number of methoxy groups -OCH3 is 1. The van der Waals surface area contributed by atoms with Crippen LogP contribution < -0.4 is 4.74 Å². The van der Waals surface area contributed by atoms with Crippen molar-refractivity contribution in [1.82, 2.24) is 4.57 Å². The van der Waals surface area contributed by atoms with Crippen LogP contribution in [0, 0.1) is 0 Å². The van der Waals surface area contributed by atoms with Gasteiger partial charge in [-0.1, -0.05) is 12.7 Å². The summed E-state index contributed by atoms with van der Waals surface area (Å²) in [6, 6.07) is 6.03. The molecule has 0 saturated heterocycles. The maximum Gasteiger partial charge on any atom is 0.339 e. The van der Waals surface area contributed by atoms with Crippen LogP contribution in [-0.4, -0.2) is 24.3 Å². The molecule has 4 nitrogen and oxygen atoms in total. The third-order valence-corrected chi connectivity index (χ3v) is 3.98. The highest BCUT2D eigenvalue weighted by Crippen LogP contribution is 2.36. The van der Waals surface area contributed by atoms with E-state index in [0.717, 1.165) is 35.5 Å². The van der Waals surface area contributed by atoms with E-state index in [1.54, 1.807) is 13.2 Å². The standard InChI is InChI=1S/C18H19NO3/c1-4-12-8-15-13(10-17(12)21-3)6-7-19-11-14(9-16(15)19)18(20)22-5-2/h4,8-11H,1,5-7H2,2-3H3. The van der Waals surface area contributed by atoms with Crippen molar-refractivity contribution >= 4 is 12.0 Å². The third kappa shape index (κ3) is 2.30. The van der Waals surface area contributed by atoms with Gasteiger partial charge in [0.05, 0.1) is 19.3 Å².